The molecule has 0 saturated heterocycles. The highest BCUT2D eigenvalue weighted by Gasteiger charge is 2.13. The van der Waals surface area contributed by atoms with Crippen LogP contribution in [0, 0.1) is 0 Å². The molecular formula is C9H11Br2NO3. The monoisotopic (exact) mass is 339 g/mol. The molecule has 1 rings (SSSR count). The number of hydrogen-bond acceptors (Lipinski definition) is 4. The second-order valence-electron chi connectivity index (χ2n) is 2.96. The van der Waals surface area contributed by atoms with Crippen LogP contribution in [-0.2, 0) is 16.1 Å². The summed E-state index contributed by atoms with van der Waals surface area (Å²) in [6.07, 6.45) is 0. The molecule has 0 aliphatic rings. The minimum Gasteiger partial charge on any atom is -0.468 e. The van der Waals surface area contributed by atoms with Crippen molar-refractivity contribution in [1.29, 1.82) is 0 Å². The van der Waals surface area contributed by atoms with Gasteiger partial charge in [-0.25, -0.2) is 0 Å². The third-order valence-electron chi connectivity index (χ3n) is 1.83. The largest absolute Gasteiger partial charge is 0.468 e. The lowest BCUT2D eigenvalue weighted by atomic mass is 10.3. The van der Waals surface area contributed by atoms with Crippen molar-refractivity contribution in [2.24, 2.45) is 0 Å². The van der Waals surface area contributed by atoms with Crippen molar-refractivity contribution < 1.29 is 13.9 Å². The van der Waals surface area contributed by atoms with Crippen LogP contribution in [0.25, 0.3) is 0 Å². The van der Waals surface area contributed by atoms with Gasteiger partial charge in [-0.3, -0.25) is 10.1 Å². The maximum atomic E-state index is 11.1. The summed E-state index contributed by atoms with van der Waals surface area (Å²) in [5, 5.41) is 2.98. The second-order valence-corrected chi connectivity index (χ2v) is 4.53. The lowest BCUT2D eigenvalue weighted by molar-refractivity contribution is -0.142. The zero-order valence-corrected chi connectivity index (χ0v) is 11.5. The minimum atomic E-state index is -0.349. The molecule has 0 radical (unpaired) electrons. The van der Waals surface area contributed by atoms with Crippen LogP contribution < -0.4 is 5.32 Å². The van der Waals surface area contributed by atoms with E-state index in [9.17, 15) is 4.79 Å². The van der Waals surface area contributed by atoms with E-state index >= 15 is 0 Å². The summed E-state index contributed by atoms with van der Waals surface area (Å²) in [5.74, 6) is 0.448. The maximum absolute atomic E-state index is 11.1. The van der Waals surface area contributed by atoms with Crippen molar-refractivity contribution in [3.05, 3.63) is 21.0 Å². The zero-order chi connectivity index (χ0) is 11.4. The Hall–Kier alpha value is -0.330. The van der Waals surface area contributed by atoms with E-state index in [1.165, 1.54) is 7.11 Å². The summed E-state index contributed by atoms with van der Waals surface area (Å²) in [6.45, 7) is 2.21. The van der Waals surface area contributed by atoms with E-state index in [2.05, 4.69) is 41.9 Å². The minimum absolute atomic E-state index is 0.292. The van der Waals surface area contributed by atoms with Gasteiger partial charge in [-0.1, -0.05) is 0 Å². The molecule has 15 heavy (non-hydrogen) atoms. The number of nitrogens with one attached hydrogen (secondary N) is 1. The first-order valence-corrected chi connectivity index (χ1v) is 5.88. The third-order valence-corrected chi connectivity index (χ3v) is 3.54. The van der Waals surface area contributed by atoms with Gasteiger partial charge in [0, 0.05) is 0 Å². The van der Waals surface area contributed by atoms with Crippen LogP contribution in [-0.4, -0.2) is 19.1 Å². The topological polar surface area (TPSA) is 51.5 Å². The first kappa shape index (κ1) is 12.7. The number of methoxy groups -OCH3 is 1. The van der Waals surface area contributed by atoms with Gasteiger partial charge in [0.2, 0.25) is 0 Å². The predicted molar refractivity (Wildman–Crippen MR) is 62.4 cm³/mol. The van der Waals surface area contributed by atoms with Crippen molar-refractivity contribution >= 4 is 37.8 Å². The summed E-state index contributed by atoms with van der Waals surface area (Å²) in [4.78, 5) is 11.1. The SMILES string of the molecule is COC(=O)C(C)NCc1cc(Br)c(Br)o1. The van der Waals surface area contributed by atoms with Crippen LogP contribution in [0.4, 0.5) is 0 Å². The molecule has 84 valence electrons. The molecule has 1 aromatic rings. The summed E-state index contributed by atoms with van der Waals surface area (Å²) < 4.78 is 11.4. The Kier molecular flexibility index (Phi) is 4.82. The fourth-order valence-electron chi connectivity index (χ4n) is 0.992. The van der Waals surface area contributed by atoms with Crippen molar-refractivity contribution in [3.63, 3.8) is 0 Å². The van der Waals surface area contributed by atoms with Gasteiger partial charge in [0.25, 0.3) is 0 Å². The number of ether oxygens (including phenoxy) is 1. The van der Waals surface area contributed by atoms with Gasteiger partial charge < -0.3 is 9.15 Å². The molecular weight excluding hydrogens is 330 g/mol. The zero-order valence-electron chi connectivity index (χ0n) is 8.34. The lowest BCUT2D eigenvalue weighted by Gasteiger charge is -2.09. The van der Waals surface area contributed by atoms with Crippen molar-refractivity contribution in [2.45, 2.75) is 19.5 Å². The summed E-state index contributed by atoms with van der Waals surface area (Å²) in [5.41, 5.74) is 0. The average molecular weight is 341 g/mol. The van der Waals surface area contributed by atoms with Crippen LogP contribution in [0.2, 0.25) is 0 Å². The number of carbonyl (C=O) groups excluding carboxylic acids is 1. The molecule has 0 aliphatic carbocycles. The Bertz CT molecular complexity index is 332. The first-order valence-electron chi connectivity index (χ1n) is 4.29. The molecule has 1 heterocycles. The van der Waals surface area contributed by atoms with Crippen molar-refractivity contribution in [1.82, 2.24) is 5.32 Å². The molecule has 0 aromatic carbocycles. The normalized spacial score (nSPS) is 12.5. The molecule has 1 atom stereocenters. The van der Waals surface area contributed by atoms with E-state index in [4.69, 9.17) is 4.42 Å². The Balaban J connectivity index is 2.47. The van der Waals surface area contributed by atoms with Crippen molar-refractivity contribution in [3.8, 4) is 0 Å². The number of furan rings is 1. The van der Waals surface area contributed by atoms with E-state index in [1.54, 1.807) is 6.92 Å². The Labute approximate surface area is 105 Å². The van der Waals surface area contributed by atoms with Crippen LogP contribution in [0.1, 0.15) is 12.7 Å². The molecule has 6 heteroatoms. The molecule has 1 aromatic heterocycles. The van der Waals surface area contributed by atoms with E-state index in [0.717, 1.165) is 10.2 Å². The molecule has 1 unspecified atom stereocenters. The first-order chi connectivity index (χ1) is 7.04. The van der Waals surface area contributed by atoms with Gasteiger partial charge >= 0.3 is 5.97 Å². The van der Waals surface area contributed by atoms with E-state index in [1.807, 2.05) is 6.07 Å². The number of rotatable bonds is 4. The summed E-state index contributed by atoms with van der Waals surface area (Å²) in [6, 6.07) is 1.49. The van der Waals surface area contributed by atoms with E-state index < -0.39 is 0 Å². The number of esters is 1. The molecule has 0 aliphatic heterocycles. The number of hydrogen-bond donors (Lipinski definition) is 1. The molecule has 0 fully saturated rings. The molecule has 0 spiro atoms. The smallest absolute Gasteiger partial charge is 0.322 e. The quantitative estimate of drug-likeness (QED) is 0.855. The van der Waals surface area contributed by atoms with Gasteiger partial charge in [0.1, 0.15) is 11.8 Å². The number of carbonyl (C=O) groups is 1. The average Bonchev–Trinajstić information content (AvgIpc) is 2.54. The molecule has 4 nitrogen and oxygen atoms in total. The highest BCUT2D eigenvalue weighted by molar-refractivity contribution is 9.13. The van der Waals surface area contributed by atoms with Gasteiger partial charge in [0.05, 0.1) is 18.1 Å². The summed E-state index contributed by atoms with van der Waals surface area (Å²) >= 11 is 6.54. The van der Waals surface area contributed by atoms with E-state index in [-0.39, 0.29) is 12.0 Å². The Morgan fingerprint density at radius 1 is 1.67 bits per heavy atom. The molecule has 0 saturated carbocycles. The Morgan fingerprint density at radius 2 is 2.33 bits per heavy atom. The van der Waals surface area contributed by atoms with Gasteiger partial charge in [-0.05, 0) is 44.8 Å². The van der Waals surface area contributed by atoms with Crippen LogP contribution in [0.15, 0.2) is 19.6 Å². The van der Waals surface area contributed by atoms with Crippen LogP contribution in [0.5, 0.6) is 0 Å². The van der Waals surface area contributed by atoms with Crippen molar-refractivity contribution in [2.75, 3.05) is 7.11 Å². The lowest BCUT2D eigenvalue weighted by Crippen LogP contribution is -2.34. The van der Waals surface area contributed by atoms with Crippen LogP contribution in [0.3, 0.4) is 0 Å². The second kappa shape index (κ2) is 5.67. The van der Waals surface area contributed by atoms with E-state index in [0.29, 0.717) is 11.2 Å². The third kappa shape index (κ3) is 3.62. The molecule has 0 amide bonds. The molecule has 0 bridgehead atoms. The van der Waals surface area contributed by atoms with Gasteiger partial charge in [0.15, 0.2) is 4.67 Å². The fourth-order valence-corrected chi connectivity index (χ4v) is 1.65. The van der Waals surface area contributed by atoms with Gasteiger partial charge in [-0.15, -0.1) is 0 Å². The maximum Gasteiger partial charge on any atom is 0.322 e. The standard InChI is InChI=1S/C9H11Br2NO3/c1-5(9(13)14-2)12-4-6-3-7(10)8(11)15-6/h3,5,12H,4H2,1-2H3. The highest BCUT2D eigenvalue weighted by Crippen LogP contribution is 2.26. The van der Waals surface area contributed by atoms with Crippen LogP contribution >= 0.6 is 31.9 Å². The summed E-state index contributed by atoms with van der Waals surface area (Å²) in [7, 11) is 1.36. The highest BCUT2D eigenvalue weighted by atomic mass is 79.9. The molecule has 1 N–H and O–H groups in total. The predicted octanol–water partition coefficient (Wildman–Crippen LogP) is 2.46. The Morgan fingerprint density at radius 3 is 2.80 bits per heavy atom. The number of halogens is 2. The van der Waals surface area contributed by atoms with Gasteiger partial charge in [-0.2, -0.15) is 0 Å². The fraction of sp³-hybridized carbons (Fsp3) is 0.444.